The zero-order valence-electron chi connectivity index (χ0n) is 16.5. The normalized spacial score (nSPS) is 16.9. The number of hydrogen-bond acceptors (Lipinski definition) is 5. The third kappa shape index (κ3) is 3.51. The van der Waals surface area contributed by atoms with Crippen LogP contribution in [0.4, 0.5) is 14.6 Å². The summed E-state index contributed by atoms with van der Waals surface area (Å²) < 4.78 is 35.5. The van der Waals surface area contributed by atoms with Crippen molar-refractivity contribution in [2.75, 3.05) is 5.32 Å². The first-order chi connectivity index (χ1) is 15.3. The molecule has 9 heteroatoms. The molecule has 0 bridgehead atoms. The SMILES string of the molecule is O=C(O)c1ccc(-c2cccc(NC(=O)C3(c4ccc5c(c4)OC(F)(F)O5)CC3)n2)cc1. The number of ether oxygens (including phenoxy) is 2. The molecule has 2 aliphatic rings. The Labute approximate surface area is 180 Å². The smallest absolute Gasteiger partial charge is 0.478 e. The van der Waals surface area contributed by atoms with Crippen molar-refractivity contribution in [2.45, 2.75) is 24.6 Å². The summed E-state index contributed by atoms with van der Waals surface area (Å²) in [5.41, 5.74) is 1.14. The summed E-state index contributed by atoms with van der Waals surface area (Å²) in [6.07, 6.45) is -2.59. The largest absolute Gasteiger partial charge is 0.586 e. The van der Waals surface area contributed by atoms with E-state index in [0.29, 0.717) is 35.5 Å². The molecule has 3 aromatic rings. The number of carboxylic acid groups (broad SMARTS) is 1. The van der Waals surface area contributed by atoms with Gasteiger partial charge in [-0.2, -0.15) is 0 Å². The van der Waals surface area contributed by atoms with Gasteiger partial charge in [0.05, 0.1) is 16.7 Å². The van der Waals surface area contributed by atoms with E-state index in [4.69, 9.17) is 5.11 Å². The molecule has 2 heterocycles. The average Bonchev–Trinajstić information content (AvgIpc) is 3.51. The molecule has 0 atom stereocenters. The van der Waals surface area contributed by atoms with E-state index in [2.05, 4.69) is 19.8 Å². The van der Waals surface area contributed by atoms with Gasteiger partial charge in [0.1, 0.15) is 5.82 Å². The number of rotatable bonds is 5. The van der Waals surface area contributed by atoms with E-state index in [1.165, 1.54) is 24.3 Å². The van der Waals surface area contributed by atoms with E-state index in [1.54, 1.807) is 36.4 Å². The molecule has 1 aliphatic carbocycles. The zero-order chi connectivity index (χ0) is 22.5. The lowest BCUT2D eigenvalue weighted by Gasteiger charge is -2.16. The number of benzene rings is 2. The number of carbonyl (C=O) groups excluding carboxylic acids is 1. The fraction of sp³-hybridized carbons (Fsp3) is 0.174. The van der Waals surface area contributed by atoms with Crippen molar-refractivity contribution in [1.82, 2.24) is 4.98 Å². The van der Waals surface area contributed by atoms with Crippen molar-refractivity contribution in [3.63, 3.8) is 0 Å². The highest BCUT2D eigenvalue weighted by molar-refractivity contribution is 6.01. The van der Waals surface area contributed by atoms with Crippen LogP contribution in [0.2, 0.25) is 0 Å². The van der Waals surface area contributed by atoms with Gasteiger partial charge >= 0.3 is 12.3 Å². The van der Waals surface area contributed by atoms with E-state index in [9.17, 15) is 18.4 Å². The summed E-state index contributed by atoms with van der Waals surface area (Å²) >= 11 is 0. The van der Waals surface area contributed by atoms with Gasteiger partial charge in [-0.05, 0) is 54.8 Å². The minimum absolute atomic E-state index is 0.0711. The van der Waals surface area contributed by atoms with Gasteiger partial charge in [-0.25, -0.2) is 9.78 Å². The summed E-state index contributed by atoms with van der Waals surface area (Å²) in [5, 5.41) is 11.8. The first-order valence-corrected chi connectivity index (χ1v) is 9.78. The quantitative estimate of drug-likeness (QED) is 0.611. The number of amides is 1. The predicted molar refractivity (Wildman–Crippen MR) is 109 cm³/mol. The third-order valence-corrected chi connectivity index (χ3v) is 5.56. The maximum Gasteiger partial charge on any atom is 0.586 e. The van der Waals surface area contributed by atoms with Crippen molar-refractivity contribution in [3.8, 4) is 22.8 Å². The van der Waals surface area contributed by atoms with Crippen molar-refractivity contribution in [1.29, 1.82) is 0 Å². The van der Waals surface area contributed by atoms with Crippen molar-refractivity contribution in [3.05, 3.63) is 71.8 Å². The molecule has 1 fully saturated rings. The van der Waals surface area contributed by atoms with Crippen LogP contribution in [-0.4, -0.2) is 28.3 Å². The van der Waals surface area contributed by atoms with E-state index >= 15 is 0 Å². The number of hydrogen-bond donors (Lipinski definition) is 2. The Morgan fingerprint density at radius 2 is 1.69 bits per heavy atom. The molecule has 2 aromatic carbocycles. The van der Waals surface area contributed by atoms with Crippen LogP contribution in [0, 0.1) is 0 Å². The Kier molecular flexibility index (Phi) is 4.37. The van der Waals surface area contributed by atoms with Crippen molar-refractivity contribution < 1.29 is 33.0 Å². The average molecular weight is 438 g/mol. The number of nitrogens with zero attached hydrogens (tertiary/aromatic N) is 1. The molecule has 0 saturated heterocycles. The van der Waals surface area contributed by atoms with Crippen LogP contribution in [0.15, 0.2) is 60.7 Å². The lowest BCUT2D eigenvalue weighted by molar-refractivity contribution is -0.286. The molecule has 0 unspecified atom stereocenters. The second-order valence-electron chi connectivity index (χ2n) is 7.66. The number of aromatic nitrogens is 1. The van der Waals surface area contributed by atoms with Crippen LogP contribution < -0.4 is 14.8 Å². The number of nitrogens with one attached hydrogen (secondary N) is 1. The number of halogens is 2. The number of fused-ring (bicyclic) bond motifs is 1. The Morgan fingerprint density at radius 1 is 0.969 bits per heavy atom. The van der Waals surface area contributed by atoms with E-state index in [-0.39, 0.29) is 23.0 Å². The molecule has 1 amide bonds. The summed E-state index contributed by atoms with van der Waals surface area (Å²) in [7, 11) is 0. The summed E-state index contributed by atoms with van der Waals surface area (Å²) in [6.45, 7) is 0. The molecule has 7 nitrogen and oxygen atoms in total. The molecule has 1 aromatic heterocycles. The van der Waals surface area contributed by atoms with Crippen LogP contribution in [0.5, 0.6) is 11.5 Å². The summed E-state index contributed by atoms with van der Waals surface area (Å²) in [6, 6.07) is 15.7. The minimum atomic E-state index is -3.72. The van der Waals surface area contributed by atoms with Crippen LogP contribution in [0.3, 0.4) is 0 Å². The highest BCUT2D eigenvalue weighted by atomic mass is 19.3. The van der Waals surface area contributed by atoms with Crippen LogP contribution in [-0.2, 0) is 10.2 Å². The van der Waals surface area contributed by atoms with Crippen molar-refractivity contribution in [2.24, 2.45) is 0 Å². The number of carbonyl (C=O) groups is 2. The standard InChI is InChI=1S/C23H16F2N2O5/c24-23(25)31-17-9-8-15(12-18(17)32-23)22(10-11-22)21(30)27-19-3-1-2-16(26-19)13-4-6-14(7-5-13)20(28)29/h1-9,12H,10-11H2,(H,28,29)(H,26,27,30). The van der Waals surface area contributed by atoms with E-state index in [1.807, 2.05) is 0 Å². The van der Waals surface area contributed by atoms with Crippen LogP contribution >= 0.6 is 0 Å². The van der Waals surface area contributed by atoms with Gasteiger partial charge < -0.3 is 19.9 Å². The lowest BCUT2D eigenvalue weighted by Crippen LogP contribution is -2.28. The Bertz CT molecular complexity index is 1240. The van der Waals surface area contributed by atoms with Gasteiger partial charge in [0.2, 0.25) is 5.91 Å². The lowest BCUT2D eigenvalue weighted by atomic mass is 9.94. The van der Waals surface area contributed by atoms with E-state index < -0.39 is 17.7 Å². The number of anilines is 1. The summed E-state index contributed by atoms with van der Waals surface area (Å²) in [4.78, 5) is 28.5. The topological polar surface area (TPSA) is 97.8 Å². The highest BCUT2D eigenvalue weighted by Crippen LogP contribution is 2.52. The molecule has 0 spiro atoms. The zero-order valence-corrected chi connectivity index (χ0v) is 16.5. The van der Waals surface area contributed by atoms with Gasteiger partial charge in [-0.3, -0.25) is 4.79 Å². The maximum atomic E-state index is 13.3. The molecule has 1 aliphatic heterocycles. The third-order valence-electron chi connectivity index (χ3n) is 5.56. The molecule has 2 N–H and O–H groups in total. The van der Waals surface area contributed by atoms with Crippen molar-refractivity contribution >= 4 is 17.7 Å². The predicted octanol–water partition coefficient (Wildman–Crippen LogP) is 4.44. The molecule has 162 valence electrons. The first kappa shape index (κ1) is 19.9. The van der Waals surface area contributed by atoms with Gasteiger partial charge in [-0.1, -0.05) is 24.3 Å². The Balaban J connectivity index is 1.36. The number of alkyl halides is 2. The fourth-order valence-electron chi connectivity index (χ4n) is 3.70. The fourth-order valence-corrected chi connectivity index (χ4v) is 3.70. The van der Waals surface area contributed by atoms with Crippen LogP contribution in [0.25, 0.3) is 11.3 Å². The number of pyridine rings is 1. The summed E-state index contributed by atoms with van der Waals surface area (Å²) in [5.74, 6) is -1.16. The number of carboxylic acids is 1. The first-order valence-electron chi connectivity index (χ1n) is 9.78. The highest BCUT2D eigenvalue weighted by Gasteiger charge is 2.52. The molecule has 32 heavy (non-hydrogen) atoms. The Morgan fingerprint density at radius 3 is 2.38 bits per heavy atom. The van der Waals surface area contributed by atoms with Gasteiger partial charge in [0, 0.05) is 5.56 Å². The second kappa shape index (κ2) is 7.01. The molecular weight excluding hydrogens is 422 g/mol. The maximum absolute atomic E-state index is 13.3. The molecule has 5 rings (SSSR count). The molecule has 1 saturated carbocycles. The number of aromatic carboxylic acids is 1. The monoisotopic (exact) mass is 438 g/mol. The molecular formula is C23H16F2N2O5. The van der Waals surface area contributed by atoms with E-state index in [0.717, 1.165) is 0 Å². The second-order valence-corrected chi connectivity index (χ2v) is 7.66. The van der Waals surface area contributed by atoms with Gasteiger partial charge in [0.15, 0.2) is 11.5 Å². The minimum Gasteiger partial charge on any atom is -0.478 e. The Hall–Kier alpha value is -4.01. The van der Waals surface area contributed by atoms with Crippen LogP contribution in [0.1, 0.15) is 28.8 Å². The molecule has 0 radical (unpaired) electrons. The van der Waals surface area contributed by atoms with Gasteiger partial charge in [0.25, 0.3) is 0 Å². The van der Waals surface area contributed by atoms with Gasteiger partial charge in [-0.15, -0.1) is 8.78 Å².